The van der Waals surface area contributed by atoms with E-state index in [1.54, 1.807) is 0 Å². The Morgan fingerprint density at radius 1 is 1.11 bits per heavy atom. The summed E-state index contributed by atoms with van der Waals surface area (Å²) in [7, 11) is -0.848. The van der Waals surface area contributed by atoms with Crippen LogP contribution in [-0.2, 0) is 11.1 Å². The lowest BCUT2D eigenvalue weighted by Gasteiger charge is -2.09. The fraction of sp³-hybridized carbons (Fsp3) is 0.200. The molecule has 0 aliphatic carbocycles. The minimum Gasteiger partial charge on any atom is -0.423 e. The molecule has 0 amide bonds. The van der Waals surface area contributed by atoms with Crippen LogP contribution < -0.4 is 11.2 Å². The van der Waals surface area contributed by atoms with Crippen LogP contribution in [0.5, 0.6) is 0 Å². The molecule has 0 fully saturated rings. The Balaban J connectivity index is 1.88. The third kappa shape index (κ3) is 2.43. The van der Waals surface area contributed by atoms with Crippen molar-refractivity contribution in [3.63, 3.8) is 0 Å². The zero-order valence-corrected chi connectivity index (χ0v) is 10.6. The number of hydrogen-bond donors (Lipinski definition) is 2. The van der Waals surface area contributed by atoms with E-state index in [0.717, 1.165) is 17.4 Å². The molecule has 0 saturated heterocycles. The van der Waals surface area contributed by atoms with E-state index in [9.17, 15) is 5.02 Å². The van der Waals surface area contributed by atoms with Crippen LogP contribution in [0, 0.1) is 0 Å². The monoisotopic (exact) mass is 253 g/mol. The zero-order valence-electron chi connectivity index (χ0n) is 10.6. The Morgan fingerprint density at radius 2 is 1.89 bits per heavy atom. The van der Waals surface area contributed by atoms with E-state index in [0.29, 0.717) is 6.54 Å². The molecule has 3 N–H and O–H groups in total. The van der Waals surface area contributed by atoms with Crippen LogP contribution in [0.25, 0.3) is 0 Å². The molecule has 0 radical (unpaired) electrons. The maximum absolute atomic E-state index is 9.90. The van der Waals surface area contributed by atoms with E-state index in [1.807, 2.05) is 30.3 Å². The van der Waals surface area contributed by atoms with Gasteiger partial charge in [-0.2, -0.15) is 0 Å². The van der Waals surface area contributed by atoms with E-state index < -0.39 is 7.12 Å². The van der Waals surface area contributed by atoms with Crippen molar-refractivity contribution in [2.24, 2.45) is 5.73 Å². The molecule has 1 unspecified atom stereocenters. The lowest BCUT2D eigenvalue weighted by atomic mass is 9.78. The first kappa shape index (κ1) is 12.4. The Kier molecular flexibility index (Phi) is 3.38. The van der Waals surface area contributed by atoms with Crippen molar-refractivity contribution < 1.29 is 9.68 Å². The maximum Gasteiger partial charge on any atom is 0.492 e. The molecule has 3 nitrogen and oxygen atoms in total. The molecule has 4 heteroatoms. The summed E-state index contributed by atoms with van der Waals surface area (Å²) in [6, 6.07) is 16.4. The van der Waals surface area contributed by atoms with Crippen molar-refractivity contribution in [1.82, 2.24) is 0 Å². The number of rotatable bonds is 3. The van der Waals surface area contributed by atoms with Crippen LogP contribution in [0.3, 0.4) is 0 Å². The highest BCUT2D eigenvalue weighted by Crippen LogP contribution is 2.23. The minimum atomic E-state index is -0.848. The van der Waals surface area contributed by atoms with Crippen LogP contribution in [0.2, 0.25) is 0 Å². The summed E-state index contributed by atoms with van der Waals surface area (Å²) in [6.45, 7) is 0.391. The summed E-state index contributed by atoms with van der Waals surface area (Å²) >= 11 is 0. The van der Waals surface area contributed by atoms with Crippen LogP contribution in [0.1, 0.15) is 22.8 Å². The summed E-state index contributed by atoms with van der Waals surface area (Å²) < 4.78 is 5.42. The number of nitrogens with two attached hydrogens (primary N) is 1. The molecule has 96 valence electrons. The van der Waals surface area contributed by atoms with E-state index in [4.69, 9.17) is 10.4 Å². The predicted molar refractivity (Wildman–Crippen MR) is 76.2 cm³/mol. The largest absolute Gasteiger partial charge is 0.492 e. The summed E-state index contributed by atoms with van der Waals surface area (Å²) in [5.41, 5.74) is 9.92. The fourth-order valence-corrected chi connectivity index (χ4v) is 2.56. The highest BCUT2D eigenvalue weighted by molar-refractivity contribution is 6.61. The molecule has 3 rings (SSSR count). The Labute approximate surface area is 113 Å². The van der Waals surface area contributed by atoms with Crippen LogP contribution in [0.4, 0.5) is 0 Å². The normalized spacial score (nSPS) is 17.6. The average Bonchev–Trinajstić information content (AvgIpc) is 2.76. The second-order valence-electron chi connectivity index (χ2n) is 4.84. The third-order valence-electron chi connectivity index (χ3n) is 3.52. The Morgan fingerprint density at radius 3 is 2.63 bits per heavy atom. The molecule has 2 aromatic carbocycles. The molecule has 1 aliphatic heterocycles. The first-order valence-electron chi connectivity index (χ1n) is 6.48. The van der Waals surface area contributed by atoms with Gasteiger partial charge in [-0.05, 0) is 28.6 Å². The molecule has 0 bridgehead atoms. The number of benzene rings is 2. The van der Waals surface area contributed by atoms with Gasteiger partial charge >= 0.3 is 7.12 Å². The van der Waals surface area contributed by atoms with Crippen molar-refractivity contribution in [3.8, 4) is 0 Å². The maximum atomic E-state index is 9.90. The van der Waals surface area contributed by atoms with Crippen molar-refractivity contribution in [1.29, 1.82) is 0 Å². The SMILES string of the molecule is NCC1OB(O)c2cc(Cc3ccccc3)ccc21. The standard InChI is InChI=1S/C15H16BNO2/c17-10-15-13-7-6-12(9-14(13)16(18)19-15)8-11-4-2-1-3-5-11/h1-7,9,15,18H,8,10,17H2. The van der Waals surface area contributed by atoms with Crippen molar-refractivity contribution in [3.05, 3.63) is 65.2 Å². The molecule has 0 saturated carbocycles. The van der Waals surface area contributed by atoms with Gasteiger partial charge < -0.3 is 15.4 Å². The van der Waals surface area contributed by atoms with Gasteiger partial charge in [0.05, 0.1) is 6.10 Å². The minimum absolute atomic E-state index is 0.184. The second kappa shape index (κ2) is 5.17. The lowest BCUT2D eigenvalue weighted by Crippen LogP contribution is -2.28. The van der Waals surface area contributed by atoms with Gasteiger partial charge in [-0.25, -0.2) is 0 Å². The Bertz CT molecular complexity index is 574. The first-order chi connectivity index (χ1) is 9.28. The van der Waals surface area contributed by atoms with Crippen molar-refractivity contribution in [2.75, 3.05) is 6.54 Å². The molecule has 0 aromatic heterocycles. The molecule has 19 heavy (non-hydrogen) atoms. The van der Waals surface area contributed by atoms with Gasteiger partial charge in [0.15, 0.2) is 0 Å². The molecule has 1 atom stereocenters. The van der Waals surface area contributed by atoms with Gasteiger partial charge in [-0.15, -0.1) is 0 Å². The summed E-state index contributed by atoms with van der Waals surface area (Å²) in [6.07, 6.45) is 0.671. The Hall–Kier alpha value is -1.62. The van der Waals surface area contributed by atoms with Crippen molar-refractivity contribution in [2.45, 2.75) is 12.5 Å². The number of hydrogen-bond acceptors (Lipinski definition) is 3. The molecule has 1 heterocycles. The van der Waals surface area contributed by atoms with Gasteiger partial charge in [-0.3, -0.25) is 0 Å². The van der Waals surface area contributed by atoms with Crippen LogP contribution in [-0.4, -0.2) is 18.7 Å². The third-order valence-corrected chi connectivity index (χ3v) is 3.52. The number of fused-ring (bicyclic) bond motifs is 1. The van der Waals surface area contributed by atoms with E-state index in [1.165, 1.54) is 11.1 Å². The smallest absolute Gasteiger partial charge is 0.423 e. The fourth-order valence-electron chi connectivity index (χ4n) is 2.56. The van der Waals surface area contributed by atoms with Gasteiger partial charge in [-0.1, -0.05) is 48.5 Å². The lowest BCUT2D eigenvalue weighted by molar-refractivity contribution is 0.198. The quantitative estimate of drug-likeness (QED) is 0.802. The highest BCUT2D eigenvalue weighted by Gasteiger charge is 2.34. The average molecular weight is 253 g/mol. The van der Waals surface area contributed by atoms with Gasteiger partial charge in [0, 0.05) is 6.54 Å². The summed E-state index contributed by atoms with van der Waals surface area (Å²) in [5.74, 6) is 0. The van der Waals surface area contributed by atoms with E-state index >= 15 is 0 Å². The van der Waals surface area contributed by atoms with Gasteiger partial charge in [0.2, 0.25) is 0 Å². The summed E-state index contributed by atoms with van der Waals surface area (Å²) in [5, 5.41) is 9.90. The first-order valence-corrected chi connectivity index (χ1v) is 6.48. The molecule has 0 spiro atoms. The summed E-state index contributed by atoms with van der Waals surface area (Å²) in [4.78, 5) is 0. The molecule has 2 aromatic rings. The van der Waals surface area contributed by atoms with Crippen LogP contribution >= 0.6 is 0 Å². The highest BCUT2D eigenvalue weighted by atomic mass is 16.5. The second-order valence-corrected chi connectivity index (χ2v) is 4.84. The zero-order chi connectivity index (χ0) is 13.2. The predicted octanol–water partition coefficient (Wildman–Crippen LogP) is 0.995. The topological polar surface area (TPSA) is 55.5 Å². The van der Waals surface area contributed by atoms with Crippen LogP contribution in [0.15, 0.2) is 48.5 Å². The molecular formula is C15H16BNO2. The van der Waals surface area contributed by atoms with E-state index in [-0.39, 0.29) is 6.10 Å². The molecular weight excluding hydrogens is 237 g/mol. The van der Waals surface area contributed by atoms with E-state index in [2.05, 4.69) is 18.2 Å². The molecule has 1 aliphatic rings. The van der Waals surface area contributed by atoms with Gasteiger partial charge in [0.25, 0.3) is 0 Å². The van der Waals surface area contributed by atoms with Gasteiger partial charge in [0.1, 0.15) is 0 Å². The van der Waals surface area contributed by atoms with Crippen molar-refractivity contribution >= 4 is 12.6 Å².